The average molecular weight is 224 g/mol. The first-order valence-electron chi connectivity index (χ1n) is 5.73. The highest BCUT2D eigenvalue weighted by atomic mass is 16.8. The van der Waals surface area contributed by atoms with Gasteiger partial charge in [-0.25, -0.2) is 4.79 Å². The van der Waals surface area contributed by atoms with Crippen LogP contribution in [0.2, 0.25) is 0 Å². The Kier molecular flexibility index (Phi) is 1.98. The van der Waals surface area contributed by atoms with Gasteiger partial charge in [-0.3, -0.25) is 0 Å². The summed E-state index contributed by atoms with van der Waals surface area (Å²) in [5.74, 6) is -0.854. The minimum absolute atomic E-state index is 0.0203. The van der Waals surface area contributed by atoms with Gasteiger partial charge in [-0.15, -0.1) is 0 Å². The largest absolute Gasteiger partial charge is 0.458 e. The van der Waals surface area contributed by atoms with Crippen LogP contribution in [0.3, 0.4) is 0 Å². The third-order valence-corrected chi connectivity index (χ3v) is 3.63. The predicted molar refractivity (Wildman–Crippen MR) is 55.6 cm³/mol. The fourth-order valence-electron chi connectivity index (χ4n) is 3.01. The Hall–Kier alpha value is -0.870. The third kappa shape index (κ3) is 1.33. The molecule has 2 saturated heterocycles. The molecule has 16 heavy (non-hydrogen) atoms. The van der Waals surface area contributed by atoms with E-state index in [0.717, 1.165) is 12.8 Å². The lowest BCUT2D eigenvalue weighted by atomic mass is 9.80. The number of carbonyl (C=O) groups excluding carboxylic acids is 1. The van der Waals surface area contributed by atoms with E-state index in [4.69, 9.17) is 14.2 Å². The van der Waals surface area contributed by atoms with Crippen LogP contribution in [0.5, 0.6) is 0 Å². The minimum Gasteiger partial charge on any atom is -0.458 e. The first-order chi connectivity index (χ1) is 7.48. The molecule has 0 N–H and O–H groups in total. The second-order valence-electron chi connectivity index (χ2n) is 5.21. The summed E-state index contributed by atoms with van der Waals surface area (Å²) in [5, 5.41) is 0. The van der Waals surface area contributed by atoms with Crippen molar-refractivity contribution in [1.29, 1.82) is 0 Å². The van der Waals surface area contributed by atoms with Crippen LogP contribution < -0.4 is 0 Å². The molecule has 0 aromatic heterocycles. The number of rotatable bonds is 0. The SMILES string of the molecule is C=C1C(=O)O[C@H]2CC[C@@H]3OC(C)(C)O[C@H]3[C@@H]12. The summed E-state index contributed by atoms with van der Waals surface area (Å²) in [6.45, 7) is 7.62. The summed E-state index contributed by atoms with van der Waals surface area (Å²) in [5.41, 5.74) is 0.543. The molecule has 0 aromatic carbocycles. The van der Waals surface area contributed by atoms with E-state index in [-0.39, 0.29) is 30.2 Å². The molecule has 2 heterocycles. The van der Waals surface area contributed by atoms with Crippen LogP contribution in [0, 0.1) is 5.92 Å². The van der Waals surface area contributed by atoms with Crippen molar-refractivity contribution in [3.8, 4) is 0 Å². The van der Waals surface area contributed by atoms with Crippen molar-refractivity contribution in [2.75, 3.05) is 0 Å². The molecule has 4 atom stereocenters. The van der Waals surface area contributed by atoms with E-state index < -0.39 is 5.79 Å². The fourth-order valence-corrected chi connectivity index (χ4v) is 3.01. The smallest absolute Gasteiger partial charge is 0.334 e. The maximum absolute atomic E-state index is 11.5. The summed E-state index contributed by atoms with van der Waals surface area (Å²) in [7, 11) is 0. The van der Waals surface area contributed by atoms with E-state index in [2.05, 4.69) is 6.58 Å². The van der Waals surface area contributed by atoms with Gasteiger partial charge in [0.05, 0.1) is 18.1 Å². The van der Waals surface area contributed by atoms with Gasteiger partial charge in [-0.05, 0) is 26.7 Å². The van der Waals surface area contributed by atoms with Crippen molar-refractivity contribution in [1.82, 2.24) is 0 Å². The van der Waals surface area contributed by atoms with Crippen LogP contribution in [0.25, 0.3) is 0 Å². The molecule has 88 valence electrons. The van der Waals surface area contributed by atoms with Gasteiger partial charge < -0.3 is 14.2 Å². The summed E-state index contributed by atoms with van der Waals surface area (Å²) in [4.78, 5) is 11.5. The summed E-state index contributed by atoms with van der Waals surface area (Å²) in [6, 6.07) is 0. The Morgan fingerprint density at radius 3 is 2.69 bits per heavy atom. The van der Waals surface area contributed by atoms with E-state index in [1.807, 2.05) is 13.8 Å². The first-order valence-corrected chi connectivity index (χ1v) is 5.73. The fraction of sp³-hybridized carbons (Fsp3) is 0.750. The normalized spacial score (nSPS) is 45.1. The molecule has 0 radical (unpaired) electrons. The molecule has 1 saturated carbocycles. The standard InChI is InChI=1S/C12H16O4/c1-6-9-7(14-11(6)13)4-5-8-10(9)16-12(2,3)15-8/h7-10H,1,4-5H2,2-3H3/t7-,8-,9-,10+/m0/s1. The van der Waals surface area contributed by atoms with Crippen LogP contribution in [-0.4, -0.2) is 30.1 Å². The maximum Gasteiger partial charge on any atom is 0.334 e. The van der Waals surface area contributed by atoms with Crippen LogP contribution >= 0.6 is 0 Å². The summed E-state index contributed by atoms with van der Waals surface area (Å²) in [6.07, 6.45) is 1.67. The Morgan fingerprint density at radius 2 is 1.94 bits per heavy atom. The molecule has 0 aromatic rings. The van der Waals surface area contributed by atoms with Crippen molar-refractivity contribution in [2.24, 2.45) is 5.92 Å². The molecule has 3 rings (SSSR count). The van der Waals surface area contributed by atoms with Crippen molar-refractivity contribution in [2.45, 2.75) is 50.8 Å². The molecule has 3 fully saturated rings. The number of hydrogen-bond acceptors (Lipinski definition) is 4. The van der Waals surface area contributed by atoms with Crippen LogP contribution in [0.4, 0.5) is 0 Å². The van der Waals surface area contributed by atoms with E-state index >= 15 is 0 Å². The van der Waals surface area contributed by atoms with Gasteiger partial charge >= 0.3 is 5.97 Å². The highest BCUT2D eigenvalue weighted by Gasteiger charge is 2.55. The van der Waals surface area contributed by atoms with Crippen molar-refractivity contribution in [3.05, 3.63) is 12.2 Å². The first kappa shape index (κ1) is 10.3. The van der Waals surface area contributed by atoms with Crippen LogP contribution in [0.1, 0.15) is 26.7 Å². The molecular weight excluding hydrogens is 208 g/mol. The number of ether oxygens (including phenoxy) is 3. The van der Waals surface area contributed by atoms with Crippen LogP contribution in [-0.2, 0) is 19.0 Å². The van der Waals surface area contributed by atoms with E-state index in [0.29, 0.717) is 5.57 Å². The summed E-state index contributed by atoms with van der Waals surface area (Å²) >= 11 is 0. The van der Waals surface area contributed by atoms with Gasteiger partial charge in [0.25, 0.3) is 0 Å². The zero-order valence-corrected chi connectivity index (χ0v) is 9.56. The lowest BCUT2D eigenvalue weighted by Gasteiger charge is -2.31. The molecule has 1 aliphatic carbocycles. The van der Waals surface area contributed by atoms with Gasteiger partial charge in [-0.1, -0.05) is 6.58 Å². The second-order valence-corrected chi connectivity index (χ2v) is 5.21. The molecule has 0 amide bonds. The third-order valence-electron chi connectivity index (χ3n) is 3.63. The van der Waals surface area contributed by atoms with Gasteiger partial charge in [-0.2, -0.15) is 0 Å². The number of esters is 1. The number of carbonyl (C=O) groups is 1. The molecule has 2 aliphatic heterocycles. The molecule has 3 aliphatic rings. The molecular formula is C12H16O4. The Bertz CT molecular complexity index is 360. The summed E-state index contributed by atoms with van der Waals surface area (Å²) < 4.78 is 17.0. The Labute approximate surface area is 94.5 Å². The Morgan fingerprint density at radius 1 is 1.25 bits per heavy atom. The van der Waals surface area contributed by atoms with Gasteiger partial charge in [0, 0.05) is 5.57 Å². The predicted octanol–water partition coefficient (Wildman–Crippen LogP) is 1.40. The molecule has 4 nitrogen and oxygen atoms in total. The number of hydrogen-bond donors (Lipinski definition) is 0. The number of fused-ring (bicyclic) bond motifs is 3. The van der Waals surface area contributed by atoms with Gasteiger partial charge in [0.2, 0.25) is 0 Å². The van der Waals surface area contributed by atoms with Crippen LogP contribution in [0.15, 0.2) is 12.2 Å². The van der Waals surface area contributed by atoms with E-state index in [1.54, 1.807) is 0 Å². The maximum atomic E-state index is 11.5. The Balaban J connectivity index is 1.90. The van der Waals surface area contributed by atoms with Crippen molar-refractivity contribution in [3.63, 3.8) is 0 Å². The monoisotopic (exact) mass is 224 g/mol. The highest BCUT2D eigenvalue weighted by molar-refractivity contribution is 5.91. The lowest BCUT2D eigenvalue weighted by molar-refractivity contribution is -0.148. The zero-order chi connectivity index (χ0) is 11.5. The quantitative estimate of drug-likeness (QED) is 0.461. The second kappa shape index (κ2) is 3.08. The minimum atomic E-state index is -0.559. The zero-order valence-electron chi connectivity index (χ0n) is 9.56. The average Bonchev–Trinajstić information content (AvgIpc) is 2.63. The molecule has 0 unspecified atom stereocenters. The lowest BCUT2D eigenvalue weighted by Crippen LogP contribution is -2.41. The van der Waals surface area contributed by atoms with E-state index in [1.165, 1.54) is 0 Å². The molecule has 0 spiro atoms. The topological polar surface area (TPSA) is 44.8 Å². The highest BCUT2D eigenvalue weighted by Crippen LogP contribution is 2.46. The molecule has 4 heteroatoms. The van der Waals surface area contributed by atoms with Crippen molar-refractivity contribution < 1.29 is 19.0 Å². The van der Waals surface area contributed by atoms with Gasteiger partial charge in [0.15, 0.2) is 5.79 Å². The van der Waals surface area contributed by atoms with Crippen molar-refractivity contribution >= 4 is 5.97 Å². The van der Waals surface area contributed by atoms with E-state index in [9.17, 15) is 4.79 Å². The van der Waals surface area contributed by atoms with Gasteiger partial charge in [0.1, 0.15) is 6.10 Å². The molecule has 0 bridgehead atoms.